The molecule has 0 aromatic carbocycles. The van der Waals surface area contributed by atoms with Crippen molar-refractivity contribution in [2.45, 2.75) is 46.1 Å². The Bertz CT molecular complexity index is 290. The largest absolute Gasteiger partial charge is 0.362 e. The quantitative estimate of drug-likeness (QED) is 0.764. The van der Waals surface area contributed by atoms with Crippen LogP contribution in [-0.2, 0) is 4.74 Å². The summed E-state index contributed by atoms with van der Waals surface area (Å²) in [5.41, 5.74) is 0. The molecular weight excluding hydrogens is 224 g/mol. The monoisotopic (exact) mass is 252 g/mol. The van der Waals surface area contributed by atoms with E-state index in [2.05, 4.69) is 50.0 Å². The molecule has 0 spiro atoms. The maximum atomic E-state index is 6.21. The van der Waals surface area contributed by atoms with Crippen LogP contribution in [0.1, 0.15) is 40.0 Å². The fraction of sp³-hybridized carbons (Fsp3) is 0.867. The summed E-state index contributed by atoms with van der Waals surface area (Å²) in [6.45, 7) is 8.72. The highest BCUT2D eigenvalue weighted by Crippen LogP contribution is 2.35. The average Bonchev–Trinajstić information content (AvgIpc) is 2.72. The second-order valence-electron chi connectivity index (χ2n) is 6.45. The highest BCUT2D eigenvalue weighted by molar-refractivity contribution is 4.88. The molecule has 18 heavy (non-hydrogen) atoms. The van der Waals surface area contributed by atoms with E-state index < -0.39 is 0 Å². The number of hydrogen-bond acceptors (Lipinski definition) is 3. The molecule has 0 amide bonds. The Hall–Kier alpha value is -0.700. The van der Waals surface area contributed by atoms with Crippen LogP contribution in [0.3, 0.4) is 0 Å². The summed E-state index contributed by atoms with van der Waals surface area (Å²) in [5, 5.41) is 0. The van der Waals surface area contributed by atoms with Crippen molar-refractivity contribution >= 4 is 0 Å². The number of hydrogen-bond donors (Lipinski definition) is 0. The van der Waals surface area contributed by atoms with Crippen molar-refractivity contribution in [3.05, 3.63) is 12.4 Å². The fourth-order valence-corrected chi connectivity index (χ4v) is 3.17. The normalized spacial score (nSPS) is 32.6. The van der Waals surface area contributed by atoms with Crippen LogP contribution < -0.4 is 0 Å². The highest BCUT2D eigenvalue weighted by atomic mass is 16.5. The van der Waals surface area contributed by atoms with Gasteiger partial charge in [-0.15, -0.1) is 0 Å². The van der Waals surface area contributed by atoms with Gasteiger partial charge in [0.1, 0.15) is 6.73 Å². The van der Waals surface area contributed by atoms with Crippen molar-refractivity contribution < 1.29 is 4.74 Å². The van der Waals surface area contributed by atoms with Gasteiger partial charge in [0.25, 0.3) is 0 Å². The molecule has 0 bridgehead atoms. The molecule has 104 valence electrons. The number of nitrogens with zero attached hydrogens (tertiary/aromatic N) is 2. The number of ether oxygens (including phenoxy) is 1. The van der Waals surface area contributed by atoms with Gasteiger partial charge in [-0.2, -0.15) is 0 Å². The lowest BCUT2D eigenvalue weighted by molar-refractivity contribution is -0.0730. The van der Waals surface area contributed by atoms with E-state index >= 15 is 0 Å². The van der Waals surface area contributed by atoms with E-state index in [-0.39, 0.29) is 0 Å². The van der Waals surface area contributed by atoms with Crippen LogP contribution in [0, 0.1) is 17.8 Å². The van der Waals surface area contributed by atoms with Crippen LogP contribution >= 0.6 is 0 Å². The van der Waals surface area contributed by atoms with Crippen molar-refractivity contribution in [3.8, 4) is 0 Å². The highest BCUT2D eigenvalue weighted by Gasteiger charge is 2.31. The van der Waals surface area contributed by atoms with Gasteiger partial charge in [0.05, 0.1) is 12.8 Å². The van der Waals surface area contributed by atoms with Gasteiger partial charge in [-0.05, 0) is 30.6 Å². The Kier molecular flexibility index (Phi) is 4.55. The zero-order chi connectivity index (χ0) is 13.1. The van der Waals surface area contributed by atoms with E-state index in [1.807, 2.05) is 0 Å². The molecule has 0 saturated heterocycles. The van der Waals surface area contributed by atoms with Crippen molar-refractivity contribution in [1.29, 1.82) is 0 Å². The third-order valence-electron chi connectivity index (χ3n) is 4.35. The van der Waals surface area contributed by atoms with Gasteiger partial charge in [-0.1, -0.05) is 27.2 Å². The maximum absolute atomic E-state index is 6.21. The first kappa shape index (κ1) is 13.7. The molecule has 3 nitrogen and oxygen atoms in total. The molecule has 2 rings (SSSR count). The van der Waals surface area contributed by atoms with E-state index in [0.717, 1.165) is 31.2 Å². The van der Waals surface area contributed by atoms with Gasteiger partial charge in [0, 0.05) is 19.4 Å². The molecular formula is C15H28N2O. The molecule has 1 fully saturated rings. The Balaban J connectivity index is 1.83. The van der Waals surface area contributed by atoms with Crippen LogP contribution in [0.15, 0.2) is 12.4 Å². The Morgan fingerprint density at radius 3 is 2.67 bits per heavy atom. The Labute approximate surface area is 112 Å². The molecule has 3 atom stereocenters. The van der Waals surface area contributed by atoms with Crippen LogP contribution in [-0.4, -0.2) is 36.4 Å². The first-order valence-electron chi connectivity index (χ1n) is 7.30. The van der Waals surface area contributed by atoms with Gasteiger partial charge >= 0.3 is 0 Å². The van der Waals surface area contributed by atoms with Gasteiger partial charge in [0.2, 0.25) is 0 Å². The first-order chi connectivity index (χ1) is 8.56. The molecule has 1 heterocycles. The van der Waals surface area contributed by atoms with Crippen molar-refractivity contribution in [3.63, 3.8) is 0 Å². The third kappa shape index (κ3) is 3.41. The number of rotatable bonds is 4. The van der Waals surface area contributed by atoms with Gasteiger partial charge < -0.3 is 14.5 Å². The molecule has 0 unspecified atom stereocenters. The minimum atomic E-state index is 0.452. The lowest BCUT2D eigenvalue weighted by Gasteiger charge is -2.37. The Morgan fingerprint density at radius 1 is 1.28 bits per heavy atom. The summed E-state index contributed by atoms with van der Waals surface area (Å²) in [5.74, 6) is 2.30. The summed E-state index contributed by atoms with van der Waals surface area (Å²) in [7, 11) is 2.09. The predicted octanol–water partition coefficient (Wildman–Crippen LogP) is 3.10. The molecule has 0 aromatic rings. The molecule has 0 radical (unpaired) electrons. The summed E-state index contributed by atoms with van der Waals surface area (Å²) in [6.07, 6.45) is 8.61. The second-order valence-corrected chi connectivity index (χ2v) is 6.45. The molecule has 2 aliphatic rings. The molecule has 0 N–H and O–H groups in total. The summed E-state index contributed by atoms with van der Waals surface area (Å²) in [4.78, 5) is 4.41. The molecule has 0 aromatic heterocycles. The summed E-state index contributed by atoms with van der Waals surface area (Å²) < 4.78 is 6.21. The average molecular weight is 252 g/mol. The Morgan fingerprint density at radius 2 is 2.06 bits per heavy atom. The second kappa shape index (κ2) is 5.96. The van der Waals surface area contributed by atoms with Crippen molar-refractivity contribution in [1.82, 2.24) is 9.80 Å². The molecule has 1 aliphatic carbocycles. The third-order valence-corrected chi connectivity index (χ3v) is 4.35. The molecule has 1 aliphatic heterocycles. The topological polar surface area (TPSA) is 15.7 Å². The van der Waals surface area contributed by atoms with Crippen LogP contribution in [0.2, 0.25) is 0 Å². The zero-order valence-corrected chi connectivity index (χ0v) is 12.3. The van der Waals surface area contributed by atoms with Crippen molar-refractivity contribution in [2.75, 3.05) is 20.4 Å². The summed E-state index contributed by atoms with van der Waals surface area (Å²) in [6, 6.07) is 0. The van der Waals surface area contributed by atoms with Gasteiger partial charge in [-0.3, -0.25) is 0 Å². The van der Waals surface area contributed by atoms with Crippen molar-refractivity contribution in [2.24, 2.45) is 17.8 Å². The van der Waals surface area contributed by atoms with E-state index in [1.165, 1.54) is 19.3 Å². The fourth-order valence-electron chi connectivity index (χ4n) is 3.17. The van der Waals surface area contributed by atoms with E-state index in [0.29, 0.717) is 6.10 Å². The SMILES string of the molecule is CC(C)[C@H]1CC[C@H](C)C[C@@H]1OCN1C=CN(C)C1. The van der Waals surface area contributed by atoms with E-state index in [1.54, 1.807) is 0 Å². The summed E-state index contributed by atoms with van der Waals surface area (Å²) >= 11 is 0. The molecule has 1 saturated carbocycles. The zero-order valence-electron chi connectivity index (χ0n) is 12.3. The van der Waals surface area contributed by atoms with Gasteiger partial charge in [-0.25, -0.2) is 0 Å². The van der Waals surface area contributed by atoms with Gasteiger partial charge in [0.15, 0.2) is 0 Å². The smallest absolute Gasteiger partial charge is 0.120 e. The van der Waals surface area contributed by atoms with E-state index in [4.69, 9.17) is 4.74 Å². The lowest BCUT2D eigenvalue weighted by atomic mass is 9.75. The predicted molar refractivity (Wildman–Crippen MR) is 74.7 cm³/mol. The lowest BCUT2D eigenvalue weighted by Crippen LogP contribution is -2.37. The maximum Gasteiger partial charge on any atom is 0.120 e. The minimum absolute atomic E-state index is 0.452. The molecule has 3 heteroatoms. The van der Waals surface area contributed by atoms with E-state index in [9.17, 15) is 0 Å². The first-order valence-corrected chi connectivity index (χ1v) is 7.30. The standard InChI is InChI=1S/C15H28N2O/c1-12(2)14-6-5-13(3)9-15(14)18-11-17-8-7-16(4)10-17/h7-8,12-15H,5-6,9-11H2,1-4H3/t13-,14+,15-/m0/s1. The van der Waals surface area contributed by atoms with Crippen LogP contribution in [0.4, 0.5) is 0 Å². The van der Waals surface area contributed by atoms with Crippen LogP contribution in [0.5, 0.6) is 0 Å². The minimum Gasteiger partial charge on any atom is -0.362 e. The van der Waals surface area contributed by atoms with Crippen LogP contribution in [0.25, 0.3) is 0 Å².